The summed E-state index contributed by atoms with van der Waals surface area (Å²) in [4.78, 5) is 83.0. The number of ether oxygens (including phenoxy) is 10. The number of hydrogen-bond acceptors (Lipinski definition) is 18. The Morgan fingerprint density at radius 2 is 0.841 bits per heavy atom. The fourth-order valence-electron chi connectivity index (χ4n) is 4.52. The Balaban J connectivity index is 2.48. The summed E-state index contributed by atoms with van der Waals surface area (Å²) in [6, 6.07) is 0. The molecule has 44 heavy (non-hydrogen) atoms. The van der Waals surface area contributed by atoms with Crippen LogP contribution in [0.3, 0.4) is 0 Å². The first kappa shape index (κ1) is 36.3. The van der Waals surface area contributed by atoms with Crippen LogP contribution < -0.4 is 0 Å². The number of aliphatic hydroxyl groups excluding tert-OH is 1. The molecule has 0 spiro atoms. The van der Waals surface area contributed by atoms with Gasteiger partial charge in [-0.05, 0) is 0 Å². The van der Waals surface area contributed by atoms with Crippen molar-refractivity contribution in [1.29, 1.82) is 0 Å². The van der Waals surface area contributed by atoms with Gasteiger partial charge in [0.25, 0.3) is 0 Å². The Kier molecular flexibility index (Phi) is 13.4. The third kappa shape index (κ3) is 10.7. The van der Waals surface area contributed by atoms with Gasteiger partial charge in [-0.2, -0.15) is 0 Å². The monoisotopic (exact) mass is 636 g/mol. The zero-order chi connectivity index (χ0) is 33.3. The van der Waals surface area contributed by atoms with E-state index in [1.54, 1.807) is 0 Å². The van der Waals surface area contributed by atoms with E-state index in [-0.39, 0.29) is 0 Å². The Hall–Kier alpha value is -3.87. The van der Waals surface area contributed by atoms with Crippen molar-refractivity contribution < 1.29 is 86.0 Å². The molecule has 2 saturated heterocycles. The highest BCUT2D eigenvalue weighted by Crippen LogP contribution is 2.32. The lowest BCUT2D eigenvalue weighted by molar-refractivity contribution is -0.330. The zero-order valence-corrected chi connectivity index (χ0v) is 25.1. The van der Waals surface area contributed by atoms with E-state index < -0.39 is 116 Å². The first-order chi connectivity index (χ1) is 20.5. The Bertz CT molecular complexity index is 1090. The summed E-state index contributed by atoms with van der Waals surface area (Å²) in [6.45, 7) is 6.15. The topological polar surface area (TPSA) is 232 Å². The minimum Gasteiger partial charge on any atom is -0.463 e. The van der Waals surface area contributed by atoms with Gasteiger partial charge in [0, 0.05) is 48.5 Å². The SMILES string of the molecule is CC(=O)OCC1OC(OCC2OC(O)C(OC(C)=O)[C@@H](OC(C)=O)C2OC(C)=O)C(OC(C)=O)[C@@H](OC(C)=O)C1OC(C)=O. The Labute approximate surface area is 251 Å². The maximum Gasteiger partial charge on any atom is 0.303 e. The predicted molar refractivity (Wildman–Crippen MR) is 135 cm³/mol. The molecule has 2 heterocycles. The van der Waals surface area contributed by atoms with Gasteiger partial charge in [-0.15, -0.1) is 0 Å². The predicted octanol–water partition coefficient (Wildman–Crippen LogP) is -1.40. The molecule has 0 aromatic heterocycles. The molecule has 2 rings (SSSR count). The molecule has 0 amide bonds. The first-order valence-corrected chi connectivity index (χ1v) is 13.3. The van der Waals surface area contributed by atoms with Gasteiger partial charge in [0.1, 0.15) is 18.8 Å². The lowest BCUT2D eigenvalue weighted by Gasteiger charge is -2.45. The van der Waals surface area contributed by atoms with Crippen LogP contribution in [-0.4, -0.2) is 122 Å². The maximum absolute atomic E-state index is 12.1. The quantitative estimate of drug-likeness (QED) is 0.203. The van der Waals surface area contributed by atoms with Crippen LogP contribution in [0.25, 0.3) is 0 Å². The summed E-state index contributed by atoms with van der Waals surface area (Å²) in [5, 5.41) is 10.6. The fraction of sp³-hybridized carbons (Fsp3) is 0.731. The molecule has 18 heteroatoms. The van der Waals surface area contributed by atoms with Crippen LogP contribution >= 0.6 is 0 Å². The average molecular weight is 637 g/mol. The summed E-state index contributed by atoms with van der Waals surface area (Å²) in [5.74, 6) is -5.94. The number of aliphatic hydroxyl groups is 1. The van der Waals surface area contributed by atoms with Gasteiger partial charge >= 0.3 is 41.8 Å². The van der Waals surface area contributed by atoms with E-state index in [0.717, 1.165) is 48.5 Å². The molecule has 0 saturated carbocycles. The molecule has 2 aliphatic rings. The molecule has 0 radical (unpaired) electrons. The van der Waals surface area contributed by atoms with Gasteiger partial charge in [0.2, 0.25) is 0 Å². The van der Waals surface area contributed by atoms with E-state index in [0.29, 0.717) is 0 Å². The zero-order valence-electron chi connectivity index (χ0n) is 25.1. The highest BCUT2D eigenvalue weighted by atomic mass is 16.7. The van der Waals surface area contributed by atoms with Crippen LogP contribution in [0, 0.1) is 0 Å². The van der Waals surface area contributed by atoms with Gasteiger partial charge in [-0.25, -0.2) is 0 Å². The van der Waals surface area contributed by atoms with Crippen molar-refractivity contribution in [1.82, 2.24) is 0 Å². The second kappa shape index (κ2) is 16.3. The smallest absolute Gasteiger partial charge is 0.303 e. The van der Waals surface area contributed by atoms with Gasteiger partial charge in [-0.3, -0.25) is 33.6 Å². The van der Waals surface area contributed by atoms with E-state index >= 15 is 0 Å². The van der Waals surface area contributed by atoms with Gasteiger partial charge in [-0.1, -0.05) is 0 Å². The summed E-state index contributed by atoms with van der Waals surface area (Å²) < 4.78 is 53.7. The van der Waals surface area contributed by atoms with Crippen LogP contribution in [0.15, 0.2) is 0 Å². The molecular weight excluding hydrogens is 600 g/mol. The summed E-state index contributed by atoms with van der Waals surface area (Å²) in [5.41, 5.74) is 0. The molecule has 18 nitrogen and oxygen atoms in total. The van der Waals surface area contributed by atoms with Crippen molar-refractivity contribution in [2.75, 3.05) is 13.2 Å². The van der Waals surface area contributed by atoms with E-state index in [9.17, 15) is 38.7 Å². The Morgan fingerprint density at radius 3 is 1.27 bits per heavy atom. The molecule has 8 unspecified atom stereocenters. The van der Waals surface area contributed by atoms with Crippen molar-refractivity contribution in [2.24, 2.45) is 0 Å². The highest BCUT2D eigenvalue weighted by Gasteiger charge is 2.55. The number of hydrogen-bond donors (Lipinski definition) is 1. The molecule has 0 aromatic rings. The average Bonchev–Trinajstić information content (AvgIpc) is 2.87. The molecule has 2 fully saturated rings. The summed E-state index contributed by atoms with van der Waals surface area (Å²) >= 11 is 0. The number of carbonyl (C=O) groups excluding carboxylic acids is 7. The van der Waals surface area contributed by atoms with Crippen LogP contribution in [0.4, 0.5) is 0 Å². The van der Waals surface area contributed by atoms with Crippen molar-refractivity contribution >= 4 is 41.8 Å². The molecule has 10 atom stereocenters. The first-order valence-electron chi connectivity index (χ1n) is 13.3. The van der Waals surface area contributed by atoms with E-state index in [4.69, 9.17) is 47.4 Å². The molecule has 0 aliphatic carbocycles. The number of carbonyl (C=O) groups is 7. The number of esters is 7. The molecule has 1 N–H and O–H groups in total. The maximum atomic E-state index is 12.1. The van der Waals surface area contributed by atoms with Gasteiger partial charge in [0.15, 0.2) is 49.2 Å². The normalized spacial score (nSPS) is 31.5. The minimum atomic E-state index is -1.90. The van der Waals surface area contributed by atoms with E-state index in [1.165, 1.54) is 0 Å². The number of rotatable bonds is 11. The van der Waals surface area contributed by atoms with Crippen molar-refractivity contribution in [3.05, 3.63) is 0 Å². The largest absolute Gasteiger partial charge is 0.463 e. The van der Waals surface area contributed by atoms with Gasteiger partial charge < -0.3 is 52.5 Å². The van der Waals surface area contributed by atoms with E-state index in [1.807, 2.05) is 0 Å². The standard InChI is InChI=1S/C26H36O18/c1-10(27)35-8-18-20(38-12(3)29)22(40-14(5)31)24(42-16(7)33)26(44-18)36-9-17-19(37-11(2)28)21(39-13(4)30)23(25(34)43-17)41-15(6)32/h17-26,34H,8-9H2,1-7H3/t17?,18?,19?,20?,21-,22-,23?,24?,25?,26?/m0/s1. The molecule has 0 bridgehead atoms. The molecule has 248 valence electrons. The molecule has 2 aliphatic heterocycles. The van der Waals surface area contributed by atoms with Crippen LogP contribution in [0.1, 0.15) is 48.5 Å². The van der Waals surface area contributed by atoms with Crippen molar-refractivity contribution in [3.8, 4) is 0 Å². The summed E-state index contributed by atoms with van der Waals surface area (Å²) in [6.07, 6.45) is -15.6. The third-order valence-corrected chi connectivity index (χ3v) is 5.89. The molecule has 0 aromatic carbocycles. The van der Waals surface area contributed by atoms with Crippen LogP contribution in [-0.2, 0) is 80.9 Å². The van der Waals surface area contributed by atoms with Crippen molar-refractivity contribution in [3.63, 3.8) is 0 Å². The lowest BCUT2D eigenvalue weighted by Crippen LogP contribution is -2.64. The van der Waals surface area contributed by atoms with Crippen molar-refractivity contribution in [2.45, 2.75) is 110 Å². The van der Waals surface area contributed by atoms with E-state index in [2.05, 4.69) is 0 Å². The lowest BCUT2D eigenvalue weighted by atomic mass is 9.97. The molecular formula is C26H36O18. The minimum absolute atomic E-state index is 0.523. The Morgan fingerprint density at radius 1 is 0.477 bits per heavy atom. The van der Waals surface area contributed by atoms with Gasteiger partial charge in [0.05, 0.1) is 6.61 Å². The fourth-order valence-corrected chi connectivity index (χ4v) is 4.52. The van der Waals surface area contributed by atoms with Crippen LogP contribution in [0.5, 0.6) is 0 Å². The second-order valence-corrected chi connectivity index (χ2v) is 9.69. The van der Waals surface area contributed by atoms with Crippen LogP contribution in [0.2, 0.25) is 0 Å². The highest BCUT2D eigenvalue weighted by molar-refractivity contribution is 5.69. The second-order valence-electron chi connectivity index (χ2n) is 9.69. The summed E-state index contributed by atoms with van der Waals surface area (Å²) in [7, 11) is 0. The third-order valence-electron chi connectivity index (χ3n) is 5.89.